The second-order valence-corrected chi connectivity index (χ2v) is 3.54. The molecule has 0 aromatic heterocycles. The van der Waals surface area contributed by atoms with Gasteiger partial charge in [-0.25, -0.2) is 0 Å². The van der Waals surface area contributed by atoms with E-state index in [1.165, 1.54) is 32.4 Å². The standard InChI is InChI=1S/C9H13N/c1-2-8-7-9(8)3-5-10-6-4-9/h1,8,10H,3-7H2/t8-/m0/s1. The van der Waals surface area contributed by atoms with Crippen LogP contribution >= 0.6 is 0 Å². The summed E-state index contributed by atoms with van der Waals surface area (Å²) in [4.78, 5) is 0. The molecule has 1 spiro atoms. The maximum atomic E-state index is 5.37. The molecule has 1 atom stereocenters. The predicted molar refractivity (Wildman–Crippen MR) is 41.5 cm³/mol. The third kappa shape index (κ3) is 0.759. The zero-order chi connectivity index (χ0) is 7.03. The van der Waals surface area contributed by atoms with Gasteiger partial charge in [0.25, 0.3) is 0 Å². The lowest BCUT2D eigenvalue weighted by Gasteiger charge is -2.22. The van der Waals surface area contributed by atoms with E-state index in [-0.39, 0.29) is 0 Å². The van der Waals surface area contributed by atoms with Crippen LogP contribution < -0.4 is 5.32 Å². The molecule has 10 heavy (non-hydrogen) atoms. The molecule has 1 saturated heterocycles. The Hall–Kier alpha value is -0.480. The zero-order valence-electron chi connectivity index (χ0n) is 6.19. The molecule has 1 aliphatic carbocycles. The topological polar surface area (TPSA) is 12.0 Å². The minimum atomic E-state index is 0.597. The van der Waals surface area contributed by atoms with Crippen molar-refractivity contribution >= 4 is 0 Å². The maximum Gasteiger partial charge on any atom is 0.0263 e. The van der Waals surface area contributed by atoms with Gasteiger partial charge < -0.3 is 5.32 Å². The highest BCUT2D eigenvalue weighted by atomic mass is 14.9. The van der Waals surface area contributed by atoms with Crippen LogP contribution in [0.1, 0.15) is 19.3 Å². The van der Waals surface area contributed by atoms with E-state index >= 15 is 0 Å². The Morgan fingerprint density at radius 3 is 2.60 bits per heavy atom. The highest BCUT2D eigenvalue weighted by molar-refractivity contribution is 5.17. The molecule has 1 heteroatoms. The third-order valence-corrected chi connectivity index (χ3v) is 2.99. The first kappa shape index (κ1) is 6.24. The minimum Gasteiger partial charge on any atom is -0.317 e. The summed E-state index contributed by atoms with van der Waals surface area (Å²) >= 11 is 0. The Balaban J connectivity index is 1.99. The average molecular weight is 135 g/mol. The van der Waals surface area contributed by atoms with Crippen molar-refractivity contribution in [1.82, 2.24) is 5.32 Å². The molecule has 1 N–H and O–H groups in total. The van der Waals surface area contributed by atoms with Crippen LogP contribution in [-0.4, -0.2) is 13.1 Å². The van der Waals surface area contributed by atoms with Gasteiger partial charge in [-0.3, -0.25) is 0 Å². The molecule has 0 aromatic rings. The van der Waals surface area contributed by atoms with Gasteiger partial charge in [-0.2, -0.15) is 0 Å². The SMILES string of the molecule is C#C[C@H]1CC12CCNCC2. The Kier molecular flexibility index (Phi) is 1.25. The molecule has 0 amide bonds. The van der Waals surface area contributed by atoms with Gasteiger partial charge in [0, 0.05) is 5.92 Å². The van der Waals surface area contributed by atoms with Crippen LogP contribution in [-0.2, 0) is 0 Å². The second-order valence-electron chi connectivity index (χ2n) is 3.54. The van der Waals surface area contributed by atoms with Crippen molar-refractivity contribution in [3.8, 4) is 12.3 Å². The normalized spacial score (nSPS) is 35.3. The average Bonchev–Trinajstić information content (AvgIpc) is 2.65. The van der Waals surface area contributed by atoms with E-state index in [2.05, 4.69) is 11.2 Å². The van der Waals surface area contributed by atoms with E-state index in [0.717, 1.165) is 0 Å². The summed E-state index contributed by atoms with van der Waals surface area (Å²) in [5, 5.41) is 3.36. The Bertz CT molecular complexity index is 172. The van der Waals surface area contributed by atoms with Crippen LogP contribution in [0.4, 0.5) is 0 Å². The van der Waals surface area contributed by atoms with Gasteiger partial charge in [0.1, 0.15) is 0 Å². The monoisotopic (exact) mass is 135 g/mol. The molecule has 0 unspecified atom stereocenters. The molecule has 0 radical (unpaired) electrons. The lowest BCUT2D eigenvalue weighted by Crippen LogP contribution is -2.29. The highest BCUT2D eigenvalue weighted by Gasteiger charge is 2.52. The van der Waals surface area contributed by atoms with Crippen molar-refractivity contribution in [2.75, 3.05) is 13.1 Å². The first-order valence-electron chi connectivity index (χ1n) is 4.04. The van der Waals surface area contributed by atoms with Gasteiger partial charge in [-0.1, -0.05) is 0 Å². The number of hydrogen-bond acceptors (Lipinski definition) is 1. The molecule has 0 bridgehead atoms. The summed E-state index contributed by atoms with van der Waals surface area (Å²) in [7, 11) is 0. The number of terminal acetylenes is 1. The minimum absolute atomic E-state index is 0.597. The number of nitrogens with one attached hydrogen (secondary N) is 1. The third-order valence-electron chi connectivity index (χ3n) is 2.99. The van der Waals surface area contributed by atoms with Crippen LogP contribution in [0.2, 0.25) is 0 Å². The van der Waals surface area contributed by atoms with E-state index in [1.807, 2.05) is 0 Å². The van der Waals surface area contributed by atoms with Crippen LogP contribution in [0, 0.1) is 23.7 Å². The summed E-state index contributed by atoms with van der Waals surface area (Å²) < 4.78 is 0. The first-order valence-corrected chi connectivity index (χ1v) is 4.04. The van der Waals surface area contributed by atoms with E-state index in [0.29, 0.717) is 11.3 Å². The van der Waals surface area contributed by atoms with Crippen LogP contribution in [0.5, 0.6) is 0 Å². The molecule has 1 saturated carbocycles. The van der Waals surface area contributed by atoms with E-state index in [9.17, 15) is 0 Å². The fourth-order valence-electron chi connectivity index (χ4n) is 2.06. The molecule has 1 aliphatic heterocycles. The van der Waals surface area contributed by atoms with Crippen molar-refractivity contribution in [3.63, 3.8) is 0 Å². The smallest absolute Gasteiger partial charge is 0.0263 e. The molecule has 2 rings (SSSR count). The molecule has 54 valence electrons. The summed E-state index contributed by atoms with van der Waals surface area (Å²) in [5.74, 6) is 3.49. The number of piperidine rings is 1. The summed E-state index contributed by atoms with van der Waals surface area (Å²) in [6.45, 7) is 2.36. The Morgan fingerprint density at radius 2 is 2.10 bits per heavy atom. The van der Waals surface area contributed by atoms with Gasteiger partial charge in [0.2, 0.25) is 0 Å². The van der Waals surface area contributed by atoms with Crippen molar-refractivity contribution in [1.29, 1.82) is 0 Å². The molecule has 0 aromatic carbocycles. The van der Waals surface area contributed by atoms with Crippen molar-refractivity contribution in [2.24, 2.45) is 11.3 Å². The lowest BCUT2D eigenvalue weighted by molar-refractivity contribution is 0.339. The number of hydrogen-bond donors (Lipinski definition) is 1. The summed E-state index contributed by atoms with van der Waals surface area (Å²) in [5.41, 5.74) is 0.597. The van der Waals surface area contributed by atoms with Gasteiger partial charge in [0.05, 0.1) is 0 Å². The highest BCUT2D eigenvalue weighted by Crippen LogP contribution is 2.57. The van der Waals surface area contributed by atoms with Crippen LogP contribution in [0.15, 0.2) is 0 Å². The molecule has 2 fully saturated rings. The summed E-state index contributed by atoms with van der Waals surface area (Å²) in [6.07, 6.45) is 9.28. The molecular formula is C9H13N. The lowest BCUT2D eigenvalue weighted by atomic mass is 9.92. The van der Waals surface area contributed by atoms with Crippen molar-refractivity contribution in [2.45, 2.75) is 19.3 Å². The molecule has 1 heterocycles. The van der Waals surface area contributed by atoms with Crippen molar-refractivity contribution < 1.29 is 0 Å². The van der Waals surface area contributed by atoms with Gasteiger partial charge in [0.15, 0.2) is 0 Å². The summed E-state index contributed by atoms with van der Waals surface area (Å²) in [6, 6.07) is 0. The first-order chi connectivity index (χ1) is 4.87. The predicted octanol–water partition coefficient (Wildman–Crippen LogP) is 1.01. The van der Waals surface area contributed by atoms with E-state index in [1.54, 1.807) is 0 Å². The van der Waals surface area contributed by atoms with Crippen LogP contribution in [0.25, 0.3) is 0 Å². The maximum absolute atomic E-state index is 5.37. The molecule has 2 aliphatic rings. The van der Waals surface area contributed by atoms with Crippen LogP contribution in [0.3, 0.4) is 0 Å². The number of rotatable bonds is 0. The Morgan fingerprint density at radius 1 is 1.40 bits per heavy atom. The quantitative estimate of drug-likeness (QED) is 0.489. The van der Waals surface area contributed by atoms with E-state index in [4.69, 9.17) is 6.42 Å². The largest absolute Gasteiger partial charge is 0.317 e. The molecule has 1 nitrogen and oxygen atoms in total. The van der Waals surface area contributed by atoms with Gasteiger partial charge in [-0.15, -0.1) is 12.3 Å². The molecular weight excluding hydrogens is 122 g/mol. The Labute approximate surface area is 62.2 Å². The van der Waals surface area contributed by atoms with Gasteiger partial charge >= 0.3 is 0 Å². The van der Waals surface area contributed by atoms with E-state index < -0.39 is 0 Å². The van der Waals surface area contributed by atoms with Crippen molar-refractivity contribution in [3.05, 3.63) is 0 Å². The fourth-order valence-corrected chi connectivity index (χ4v) is 2.06. The fraction of sp³-hybridized carbons (Fsp3) is 0.778. The second kappa shape index (κ2) is 2.00. The van der Waals surface area contributed by atoms with Gasteiger partial charge in [-0.05, 0) is 37.8 Å². The zero-order valence-corrected chi connectivity index (χ0v) is 6.19.